The molecule has 0 saturated carbocycles. The summed E-state index contributed by atoms with van der Waals surface area (Å²) in [5.74, 6) is -1.17. The van der Waals surface area contributed by atoms with E-state index in [0.29, 0.717) is 18.4 Å². The van der Waals surface area contributed by atoms with Gasteiger partial charge in [0.15, 0.2) is 0 Å². The Hall–Kier alpha value is -1.47. The second kappa shape index (κ2) is 6.11. The van der Waals surface area contributed by atoms with Gasteiger partial charge in [0.25, 0.3) is 0 Å². The number of hydrogen-bond acceptors (Lipinski definition) is 4. The van der Waals surface area contributed by atoms with Gasteiger partial charge in [-0.25, -0.2) is 12.8 Å². The third-order valence-electron chi connectivity index (χ3n) is 3.50. The number of rotatable bonds is 4. The van der Waals surface area contributed by atoms with E-state index in [1.165, 1.54) is 12.1 Å². The van der Waals surface area contributed by atoms with Crippen LogP contribution in [0.3, 0.4) is 0 Å². The lowest BCUT2D eigenvalue weighted by molar-refractivity contribution is -0.146. The van der Waals surface area contributed by atoms with Crippen molar-refractivity contribution in [2.45, 2.75) is 37.6 Å². The quantitative estimate of drug-likeness (QED) is 0.796. The maximum Gasteiger partial charge on any atom is 0.324 e. The number of benzene rings is 1. The van der Waals surface area contributed by atoms with E-state index in [2.05, 4.69) is 0 Å². The molecule has 1 heterocycles. The van der Waals surface area contributed by atoms with Crippen LogP contribution in [0.2, 0.25) is 0 Å². The van der Waals surface area contributed by atoms with Crippen molar-refractivity contribution >= 4 is 16.0 Å². The van der Waals surface area contributed by atoms with Crippen LogP contribution in [0.5, 0.6) is 0 Å². The first-order valence-electron chi connectivity index (χ1n) is 6.82. The van der Waals surface area contributed by atoms with Crippen LogP contribution in [0.1, 0.15) is 25.3 Å². The number of hydrogen-bond donors (Lipinski definition) is 0. The highest BCUT2D eigenvalue weighted by atomic mass is 32.2. The van der Waals surface area contributed by atoms with Crippen molar-refractivity contribution in [3.63, 3.8) is 0 Å². The number of halogens is 1. The van der Waals surface area contributed by atoms with Gasteiger partial charge in [0.05, 0.1) is 11.5 Å². The van der Waals surface area contributed by atoms with Crippen molar-refractivity contribution in [1.29, 1.82) is 0 Å². The molecule has 0 spiro atoms. The first kappa shape index (κ1) is 15.9. The SMILES string of the molecule is CCOC(=O)C1CCCN1S(=O)(=O)c1cc(F)ccc1C. The van der Waals surface area contributed by atoms with Crippen molar-refractivity contribution in [3.8, 4) is 0 Å². The zero-order chi connectivity index (χ0) is 15.6. The smallest absolute Gasteiger partial charge is 0.324 e. The van der Waals surface area contributed by atoms with E-state index in [-0.39, 0.29) is 18.0 Å². The Kier molecular flexibility index (Phi) is 4.63. The number of ether oxygens (including phenoxy) is 1. The number of sulfonamides is 1. The topological polar surface area (TPSA) is 63.7 Å². The Bertz CT molecular complexity index is 644. The summed E-state index contributed by atoms with van der Waals surface area (Å²) in [6.07, 6.45) is 1.00. The molecule has 0 amide bonds. The third-order valence-corrected chi connectivity index (χ3v) is 5.55. The molecule has 1 aliphatic rings. The van der Waals surface area contributed by atoms with Gasteiger partial charge in [-0.05, 0) is 44.4 Å². The normalized spacial score (nSPS) is 19.7. The fourth-order valence-corrected chi connectivity index (χ4v) is 4.37. The van der Waals surface area contributed by atoms with Crippen molar-refractivity contribution in [2.75, 3.05) is 13.2 Å². The van der Waals surface area contributed by atoms with Crippen LogP contribution < -0.4 is 0 Å². The van der Waals surface area contributed by atoms with Crippen molar-refractivity contribution in [2.24, 2.45) is 0 Å². The van der Waals surface area contributed by atoms with Crippen molar-refractivity contribution in [1.82, 2.24) is 4.31 Å². The molecule has 1 saturated heterocycles. The van der Waals surface area contributed by atoms with Crippen LogP contribution in [0.4, 0.5) is 4.39 Å². The molecular formula is C14H18FNO4S. The van der Waals surface area contributed by atoms with Gasteiger partial charge in [-0.2, -0.15) is 4.31 Å². The highest BCUT2D eigenvalue weighted by molar-refractivity contribution is 7.89. The van der Waals surface area contributed by atoms with Gasteiger partial charge in [0.2, 0.25) is 10.0 Å². The van der Waals surface area contributed by atoms with Gasteiger partial charge >= 0.3 is 5.97 Å². The standard InChI is InChI=1S/C14H18FNO4S/c1-3-20-14(17)12-5-4-8-16(12)21(18,19)13-9-11(15)7-6-10(13)2/h6-7,9,12H,3-5,8H2,1-2H3. The Morgan fingerprint density at radius 2 is 2.19 bits per heavy atom. The average molecular weight is 315 g/mol. The fourth-order valence-electron chi connectivity index (χ4n) is 2.48. The molecule has 7 heteroatoms. The molecule has 1 atom stereocenters. The second-order valence-electron chi connectivity index (χ2n) is 4.94. The summed E-state index contributed by atoms with van der Waals surface area (Å²) < 4.78 is 44.8. The van der Waals surface area contributed by atoms with E-state index < -0.39 is 27.9 Å². The second-order valence-corrected chi connectivity index (χ2v) is 6.79. The minimum absolute atomic E-state index is 0.0984. The summed E-state index contributed by atoms with van der Waals surface area (Å²) in [6.45, 7) is 3.70. The molecule has 0 N–H and O–H groups in total. The lowest BCUT2D eigenvalue weighted by Gasteiger charge is -2.23. The van der Waals surface area contributed by atoms with Crippen LogP contribution >= 0.6 is 0 Å². The zero-order valence-corrected chi connectivity index (χ0v) is 12.8. The molecule has 1 fully saturated rings. The van der Waals surface area contributed by atoms with E-state index >= 15 is 0 Å². The first-order valence-corrected chi connectivity index (χ1v) is 8.26. The van der Waals surface area contributed by atoms with E-state index in [9.17, 15) is 17.6 Å². The molecule has 1 aromatic rings. The Labute approximate surface area is 123 Å². The minimum atomic E-state index is -3.91. The molecule has 0 radical (unpaired) electrons. The number of aryl methyl sites for hydroxylation is 1. The highest BCUT2D eigenvalue weighted by Crippen LogP contribution is 2.28. The Balaban J connectivity index is 2.38. The van der Waals surface area contributed by atoms with E-state index in [4.69, 9.17) is 4.74 Å². The summed E-state index contributed by atoms with van der Waals surface area (Å²) in [7, 11) is -3.91. The maximum atomic E-state index is 13.4. The monoisotopic (exact) mass is 315 g/mol. The third kappa shape index (κ3) is 3.08. The van der Waals surface area contributed by atoms with Crippen molar-refractivity contribution < 1.29 is 22.3 Å². The summed E-state index contributed by atoms with van der Waals surface area (Å²) in [4.78, 5) is 11.8. The summed E-state index contributed by atoms with van der Waals surface area (Å²) in [6, 6.07) is 2.79. The molecule has 0 aromatic heterocycles. The number of esters is 1. The molecule has 2 rings (SSSR count). The van der Waals surface area contributed by atoms with Gasteiger partial charge in [0.1, 0.15) is 11.9 Å². The Morgan fingerprint density at radius 1 is 1.48 bits per heavy atom. The molecule has 1 unspecified atom stereocenters. The average Bonchev–Trinajstić information content (AvgIpc) is 2.92. The fraction of sp³-hybridized carbons (Fsp3) is 0.500. The van der Waals surface area contributed by atoms with Gasteiger partial charge in [0, 0.05) is 6.54 Å². The zero-order valence-electron chi connectivity index (χ0n) is 12.0. The predicted octanol–water partition coefficient (Wildman–Crippen LogP) is 1.85. The first-order chi connectivity index (χ1) is 9.87. The van der Waals surface area contributed by atoms with Crippen LogP contribution in [-0.2, 0) is 19.6 Å². The van der Waals surface area contributed by atoms with Crippen LogP contribution in [-0.4, -0.2) is 37.9 Å². The molecular weight excluding hydrogens is 297 g/mol. The van der Waals surface area contributed by atoms with Gasteiger partial charge < -0.3 is 4.74 Å². The minimum Gasteiger partial charge on any atom is -0.465 e. The number of carbonyl (C=O) groups excluding carboxylic acids is 1. The molecule has 0 aliphatic carbocycles. The molecule has 1 aromatic carbocycles. The molecule has 0 bridgehead atoms. The summed E-state index contributed by atoms with van der Waals surface area (Å²) in [5.41, 5.74) is 0.450. The maximum absolute atomic E-state index is 13.4. The van der Waals surface area contributed by atoms with Crippen LogP contribution in [0.15, 0.2) is 23.1 Å². The highest BCUT2D eigenvalue weighted by Gasteiger charge is 2.40. The molecule has 21 heavy (non-hydrogen) atoms. The molecule has 116 valence electrons. The Morgan fingerprint density at radius 3 is 2.86 bits per heavy atom. The van der Waals surface area contributed by atoms with E-state index in [1.807, 2.05) is 0 Å². The van der Waals surface area contributed by atoms with Crippen LogP contribution in [0.25, 0.3) is 0 Å². The largest absolute Gasteiger partial charge is 0.465 e. The summed E-state index contributed by atoms with van der Waals surface area (Å²) in [5, 5.41) is 0. The van der Waals surface area contributed by atoms with Gasteiger partial charge in [-0.15, -0.1) is 0 Å². The lowest BCUT2D eigenvalue weighted by Crippen LogP contribution is -2.41. The van der Waals surface area contributed by atoms with Gasteiger partial charge in [-0.1, -0.05) is 6.07 Å². The van der Waals surface area contributed by atoms with E-state index in [1.54, 1.807) is 13.8 Å². The summed E-state index contributed by atoms with van der Waals surface area (Å²) >= 11 is 0. The van der Waals surface area contributed by atoms with Gasteiger partial charge in [-0.3, -0.25) is 4.79 Å². The number of carbonyl (C=O) groups is 1. The molecule has 1 aliphatic heterocycles. The molecule has 5 nitrogen and oxygen atoms in total. The van der Waals surface area contributed by atoms with Crippen LogP contribution in [0, 0.1) is 12.7 Å². The predicted molar refractivity (Wildman–Crippen MR) is 74.7 cm³/mol. The lowest BCUT2D eigenvalue weighted by atomic mass is 10.2. The van der Waals surface area contributed by atoms with Crippen molar-refractivity contribution in [3.05, 3.63) is 29.6 Å². The number of nitrogens with zero attached hydrogens (tertiary/aromatic N) is 1. The van der Waals surface area contributed by atoms with E-state index in [0.717, 1.165) is 10.4 Å².